The van der Waals surface area contributed by atoms with Crippen LogP contribution in [0.1, 0.15) is 46.0 Å². The van der Waals surface area contributed by atoms with Gasteiger partial charge in [-0.3, -0.25) is 0 Å². The highest BCUT2D eigenvalue weighted by molar-refractivity contribution is 5.69. The van der Waals surface area contributed by atoms with Gasteiger partial charge in [-0.2, -0.15) is 0 Å². The molecule has 0 aliphatic carbocycles. The summed E-state index contributed by atoms with van der Waals surface area (Å²) in [5, 5.41) is 27.7. The average molecular weight is 375 g/mol. The van der Waals surface area contributed by atoms with Crippen LogP contribution in [0.2, 0.25) is 0 Å². The molecule has 0 radical (unpaired) electrons. The molecule has 0 fully saturated rings. The largest absolute Gasteiger partial charge is 0.507 e. The van der Waals surface area contributed by atoms with Crippen LogP contribution in [-0.4, -0.2) is 40.7 Å². The average Bonchev–Trinajstić information content (AvgIpc) is 2.72. The Labute approximate surface area is 163 Å². The molecule has 4 nitrogen and oxygen atoms in total. The third-order valence-electron chi connectivity index (χ3n) is 4.34. The van der Waals surface area contributed by atoms with E-state index >= 15 is 0 Å². The van der Waals surface area contributed by atoms with Crippen LogP contribution in [0.15, 0.2) is 54.6 Å². The van der Waals surface area contributed by atoms with Gasteiger partial charge in [-0.15, -0.1) is 0 Å². The molecule has 2 rings (SSSR count). The summed E-state index contributed by atoms with van der Waals surface area (Å²) < 4.78 is 5.48. The van der Waals surface area contributed by atoms with Crippen molar-refractivity contribution in [2.45, 2.75) is 58.2 Å². The number of aliphatic hydroxyl groups is 2. The minimum Gasteiger partial charge on any atom is -0.507 e. The van der Waals surface area contributed by atoms with Gasteiger partial charge < -0.3 is 20.1 Å². The van der Waals surface area contributed by atoms with Crippen molar-refractivity contribution in [3.05, 3.63) is 54.6 Å². The third kappa shape index (κ3) is 9.05. The smallest absolute Gasteiger partial charge is 0.123 e. The normalized spacial score (nSPS) is 12.7. The van der Waals surface area contributed by atoms with E-state index in [9.17, 15) is 10.2 Å². The second kappa shape index (κ2) is 14.2. The predicted molar refractivity (Wildman–Crippen MR) is 111 cm³/mol. The molecule has 0 aliphatic heterocycles. The Kier molecular flexibility index (Phi) is 12.2. The van der Waals surface area contributed by atoms with Crippen molar-refractivity contribution < 1.29 is 20.1 Å². The first-order valence-electron chi connectivity index (χ1n) is 9.87. The van der Waals surface area contributed by atoms with Crippen LogP contribution in [0.5, 0.6) is 5.75 Å². The maximum absolute atomic E-state index is 9.56. The summed E-state index contributed by atoms with van der Waals surface area (Å²) in [5.74, 6) is 0.328. The van der Waals surface area contributed by atoms with Crippen LogP contribution >= 0.6 is 0 Å². The molecule has 2 aromatic carbocycles. The lowest BCUT2D eigenvalue weighted by molar-refractivity contribution is -0.0598. The fourth-order valence-corrected chi connectivity index (χ4v) is 2.72. The second-order valence-corrected chi connectivity index (χ2v) is 6.51. The number of hydrogen-bond donors (Lipinski definition) is 3. The van der Waals surface area contributed by atoms with E-state index in [1.807, 2.05) is 55.5 Å². The van der Waals surface area contributed by atoms with Crippen LogP contribution in [0.4, 0.5) is 0 Å². The van der Waals surface area contributed by atoms with Crippen LogP contribution in [0.3, 0.4) is 0 Å². The van der Waals surface area contributed by atoms with E-state index in [1.165, 1.54) is 19.3 Å². The zero-order valence-corrected chi connectivity index (χ0v) is 16.6. The van der Waals surface area contributed by atoms with E-state index in [-0.39, 0.29) is 12.7 Å². The molecule has 0 amide bonds. The Bertz CT molecular complexity index is 600. The highest BCUT2D eigenvalue weighted by Gasteiger charge is 2.16. The van der Waals surface area contributed by atoms with Gasteiger partial charge in [0, 0.05) is 12.2 Å². The molecule has 0 spiro atoms. The van der Waals surface area contributed by atoms with E-state index in [4.69, 9.17) is 9.84 Å². The van der Waals surface area contributed by atoms with Gasteiger partial charge >= 0.3 is 0 Å². The van der Waals surface area contributed by atoms with Crippen molar-refractivity contribution in [1.82, 2.24) is 0 Å². The predicted octanol–water partition coefficient (Wildman–Crippen LogP) is 4.77. The molecule has 2 unspecified atom stereocenters. The highest BCUT2D eigenvalue weighted by atomic mass is 16.5. The molecule has 4 heteroatoms. The minimum absolute atomic E-state index is 0.207. The second-order valence-electron chi connectivity index (χ2n) is 6.51. The molecule has 2 atom stereocenters. The number of phenolic OH excluding ortho intramolecular Hbond substituents is 1. The number of hydrogen-bond acceptors (Lipinski definition) is 4. The SMILES string of the molecule is CCCCCCOC(CC)C(O)CO.Oc1ccccc1-c1ccccc1. The van der Waals surface area contributed by atoms with Gasteiger partial charge in [0.15, 0.2) is 0 Å². The summed E-state index contributed by atoms with van der Waals surface area (Å²) in [7, 11) is 0. The molecule has 0 heterocycles. The summed E-state index contributed by atoms with van der Waals surface area (Å²) in [6, 6.07) is 17.2. The number of unbranched alkanes of at least 4 members (excludes halogenated alkanes) is 3. The molecule has 150 valence electrons. The number of benzene rings is 2. The van der Waals surface area contributed by atoms with Gasteiger partial charge in [0.1, 0.15) is 11.9 Å². The van der Waals surface area contributed by atoms with Gasteiger partial charge in [-0.25, -0.2) is 0 Å². The monoisotopic (exact) mass is 374 g/mol. The van der Waals surface area contributed by atoms with E-state index in [0.29, 0.717) is 12.4 Å². The number of aromatic hydroxyl groups is 1. The quantitative estimate of drug-likeness (QED) is 0.524. The molecule has 0 aromatic heterocycles. The first kappa shape index (κ1) is 23.2. The number of ether oxygens (including phenoxy) is 1. The van der Waals surface area contributed by atoms with E-state index in [0.717, 1.165) is 24.0 Å². The van der Waals surface area contributed by atoms with Crippen molar-refractivity contribution in [2.24, 2.45) is 0 Å². The van der Waals surface area contributed by atoms with Crippen molar-refractivity contribution in [1.29, 1.82) is 0 Å². The van der Waals surface area contributed by atoms with E-state index in [1.54, 1.807) is 6.07 Å². The van der Waals surface area contributed by atoms with Crippen LogP contribution < -0.4 is 0 Å². The van der Waals surface area contributed by atoms with Crippen LogP contribution in [-0.2, 0) is 4.74 Å². The highest BCUT2D eigenvalue weighted by Crippen LogP contribution is 2.27. The molecule has 0 bridgehead atoms. The summed E-state index contributed by atoms with van der Waals surface area (Å²) >= 11 is 0. The van der Waals surface area contributed by atoms with E-state index < -0.39 is 6.10 Å². The Morgan fingerprint density at radius 2 is 1.56 bits per heavy atom. The fraction of sp³-hybridized carbons (Fsp3) is 0.478. The molecule has 2 aromatic rings. The summed E-state index contributed by atoms with van der Waals surface area (Å²) in [6.07, 6.45) is 4.49. The Balaban J connectivity index is 0.000000270. The topological polar surface area (TPSA) is 69.9 Å². The Morgan fingerprint density at radius 3 is 2.15 bits per heavy atom. The van der Waals surface area contributed by atoms with Crippen molar-refractivity contribution in [3.63, 3.8) is 0 Å². The van der Waals surface area contributed by atoms with Gasteiger partial charge in [0.25, 0.3) is 0 Å². The molecule has 27 heavy (non-hydrogen) atoms. The summed E-state index contributed by atoms with van der Waals surface area (Å²) in [6.45, 7) is 4.60. The number of aliphatic hydroxyl groups excluding tert-OH is 2. The zero-order chi connectivity index (χ0) is 19.9. The lowest BCUT2D eigenvalue weighted by Gasteiger charge is -2.20. The lowest BCUT2D eigenvalue weighted by atomic mass is 10.1. The Morgan fingerprint density at radius 1 is 0.889 bits per heavy atom. The van der Waals surface area contributed by atoms with Crippen LogP contribution in [0.25, 0.3) is 11.1 Å². The number of phenols is 1. The van der Waals surface area contributed by atoms with Crippen molar-refractivity contribution in [3.8, 4) is 16.9 Å². The van der Waals surface area contributed by atoms with Gasteiger partial charge in [0.05, 0.1) is 12.7 Å². The zero-order valence-electron chi connectivity index (χ0n) is 16.6. The maximum Gasteiger partial charge on any atom is 0.123 e. The number of para-hydroxylation sites is 1. The van der Waals surface area contributed by atoms with Gasteiger partial charge in [0.2, 0.25) is 0 Å². The first-order chi connectivity index (χ1) is 13.1. The molecular formula is C23H34O4. The molecule has 0 saturated carbocycles. The summed E-state index contributed by atoms with van der Waals surface area (Å²) in [5.41, 5.74) is 1.92. The van der Waals surface area contributed by atoms with Crippen LogP contribution in [0, 0.1) is 0 Å². The van der Waals surface area contributed by atoms with Crippen molar-refractivity contribution in [2.75, 3.05) is 13.2 Å². The molecule has 3 N–H and O–H groups in total. The lowest BCUT2D eigenvalue weighted by Crippen LogP contribution is -2.31. The van der Waals surface area contributed by atoms with Gasteiger partial charge in [-0.1, -0.05) is 81.6 Å². The standard InChI is InChI=1S/C12H10O.C11H24O3/c13-12-9-5-4-8-11(12)10-6-2-1-3-7-10;1-3-5-6-7-8-14-11(4-2)10(13)9-12/h1-9,13H;10-13H,3-9H2,1-2H3. The molecule has 0 saturated heterocycles. The third-order valence-corrected chi connectivity index (χ3v) is 4.34. The Hall–Kier alpha value is -1.88. The fourth-order valence-electron chi connectivity index (χ4n) is 2.72. The summed E-state index contributed by atoms with van der Waals surface area (Å²) in [4.78, 5) is 0. The van der Waals surface area contributed by atoms with Crippen molar-refractivity contribution >= 4 is 0 Å². The molecule has 0 aliphatic rings. The maximum atomic E-state index is 9.56. The van der Waals surface area contributed by atoms with Gasteiger partial charge in [-0.05, 0) is 24.5 Å². The first-order valence-corrected chi connectivity index (χ1v) is 9.87. The van der Waals surface area contributed by atoms with E-state index in [2.05, 4.69) is 6.92 Å². The molecular weight excluding hydrogens is 340 g/mol. The number of rotatable bonds is 10. The minimum atomic E-state index is -0.730.